The van der Waals surface area contributed by atoms with Crippen LogP contribution in [0.25, 0.3) is 5.65 Å². The molecule has 0 spiro atoms. The number of carbonyl (C=O) groups is 2. The van der Waals surface area contributed by atoms with Crippen molar-refractivity contribution in [2.45, 2.75) is 33.6 Å². The third-order valence-electron chi connectivity index (χ3n) is 4.61. The van der Waals surface area contributed by atoms with Crippen molar-refractivity contribution in [1.29, 1.82) is 0 Å². The molecule has 29 heavy (non-hydrogen) atoms. The third kappa shape index (κ3) is 4.48. The van der Waals surface area contributed by atoms with Crippen LogP contribution in [0.15, 0.2) is 24.3 Å². The Labute approximate surface area is 173 Å². The minimum absolute atomic E-state index is 0.183. The van der Waals surface area contributed by atoms with Crippen molar-refractivity contribution in [1.82, 2.24) is 25.4 Å². The van der Waals surface area contributed by atoms with E-state index < -0.39 is 5.91 Å². The molecule has 0 aliphatic heterocycles. The summed E-state index contributed by atoms with van der Waals surface area (Å²) >= 11 is 5.93. The molecule has 0 atom stereocenters. The maximum absolute atomic E-state index is 12.3. The van der Waals surface area contributed by atoms with Crippen LogP contribution >= 0.6 is 11.6 Å². The first-order chi connectivity index (χ1) is 13.8. The molecule has 1 aromatic carbocycles. The predicted octanol–water partition coefficient (Wildman–Crippen LogP) is 2.71. The second-order valence-corrected chi connectivity index (χ2v) is 7.10. The van der Waals surface area contributed by atoms with Crippen molar-refractivity contribution >= 4 is 29.1 Å². The molecule has 0 saturated heterocycles. The van der Waals surface area contributed by atoms with Crippen LogP contribution in [0, 0.1) is 20.8 Å². The van der Waals surface area contributed by atoms with Crippen LogP contribution in [-0.2, 0) is 11.2 Å². The number of nitrogens with one attached hydrogen (secondary N) is 2. The molecule has 2 heterocycles. The SMILES string of the molecule is COc1ccc(Cl)cc1C(=O)NNC(=O)CCc1c(C)nc2cc(C)nn2c1C. The van der Waals surface area contributed by atoms with E-state index in [9.17, 15) is 9.59 Å². The number of rotatable bonds is 5. The van der Waals surface area contributed by atoms with E-state index in [0.717, 1.165) is 28.3 Å². The quantitative estimate of drug-likeness (QED) is 0.624. The summed E-state index contributed by atoms with van der Waals surface area (Å²) < 4.78 is 6.93. The number of halogens is 1. The number of aromatic nitrogens is 3. The van der Waals surface area contributed by atoms with E-state index in [1.807, 2.05) is 26.8 Å². The first-order valence-corrected chi connectivity index (χ1v) is 9.43. The van der Waals surface area contributed by atoms with Gasteiger partial charge in [-0.05, 0) is 51.0 Å². The summed E-state index contributed by atoms with van der Waals surface area (Å²) in [5.74, 6) is -0.476. The second-order valence-electron chi connectivity index (χ2n) is 6.66. The molecule has 0 bridgehead atoms. The van der Waals surface area contributed by atoms with Gasteiger partial charge in [0.1, 0.15) is 5.75 Å². The molecule has 0 saturated carbocycles. The number of carbonyl (C=O) groups excluding carboxylic acids is 2. The summed E-state index contributed by atoms with van der Waals surface area (Å²) in [5, 5.41) is 4.83. The predicted molar refractivity (Wildman–Crippen MR) is 109 cm³/mol. The summed E-state index contributed by atoms with van der Waals surface area (Å²) in [6.07, 6.45) is 0.657. The summed E-state index contributed by atoms with van der Waals surface area (Å²) in [5.41, 5.74) is 9.47. The minimum atomic E-state index is -0.514. The van der Waals surface area contributed by atoms with E-state index >= 15 is 0 Å². The fourth-order valence-corrected chi connectivity index (χ4v) is 3.33. The van der Waals surface area contributed by atoms with E-state index in [-0.39, 0.29) is 17.9 Å². The number of fused-ring (bicyclic) bond motifs is 1. The highest BCUT2D eigenvalue weighted by Crippen LogP contribution is 2.22. The van der Waals surface area contributed by atoms with Crippen molar-refractivity contribution in [2.75, 3.05) is 7.11 Å². The second kappa shape index (κ2) is 8.48. The van der Waals surface area contributed by atoms with Crippen molar-refractivity contribution in [3.05, 3.63) is 57.5 Å². The highest BCUT2D eigenvalue weighted by atomic mass is 35.5. The minimum Gasteiger partial charge on any atom is -0.496 e. The zero-order valence-electron chi connectivity index (χ0n) is 16.7. The molecule has 0 aliphatic rings. The molecular weight excluding hydrogens is 394 g/mol. The van der Waals surface area contributed by atoms with Crippen LogP contribution in [0.4, 0.5) is 0 Å². The lowest BCUT2D eigenvalue weighted by atomic mass is 10.1. The van der Waals surface area contributed by atoms with Gasteiger partial charge >= 0.3 is 0 Å². The van der Waals surface area contributed by atoms with Gasteiger partial charge < -0.3 is 4.74 Å². The monoisotopic (exact) mass is 415 g/mol. The Hall–Kier alpha value is -3.13. The Kier molecular flexibility index (Phi) is 6.03. The number of hydrogen-bond donors (Lipinski definition) is 2. The molecule has 3 rings (SSSR count). The number of aryl methyl sites for hydroxylation is 3. The largest absolute Gasteiger partial charge is 0.496 e. The average Bonchev–Trinajstić information content (AvgIpc) is 3.06. The van der Waals surface area contributed by atoms with E-state index in [4.69, 9.17) is 16.3 Å². The molecule has 0 unspecified atom stereocenters. The Morgan fingerprint density at radius 1 is 1.17 bits per heavy atom. The fourth-order valence-electron chi connectivity index (χ4n) is 3.16. The Balaban J connectivity index is 1.63. The molecule has 2 N–H and O–H groups in total. The van der Waals surface area contributed by atoms with Gasteiger partial charge in [-0.3, -0.25) is 20.4 Å². The molecule has 0 fully saturated rings. The van der Waals surface area contributed by atoms with E-state index in [1.54, 1.807) is 16.6 Å². The lowest BCUT2D eigenvalue weighted by Crippen LogP contribution is -2.41. The summed E-state index contributed by atoms with van der Waals surface area (Å²) in [4.78, 5) is 29.1. The Bertz CT molecular complexity index is 1090. The molecule has 3 aromatic rings. The van der Waals surface area contributed by atoms with Gasteiger partial charge in [-0.15, -0.1) is 0 Å². The van der Waals surface area contributed by atoms with Gasteiger partial charge in [0.15, 0.2) is 5.65 Å². The summed E-state index contributed by atoms with van der Waals surface area (Å²) in [7, 11) is 1.45. The highest BCUT2D eigenvalue weighted by Gasteiger charge is 2.15. The maximum Gasteiger partial charge on any atom is 0.273 e. The van der Waals surface area contributed by atoms with Gasteiger partial charge in [-0.2, -0.15) is 5.10 Å². The van der Waals surface area contributed by atoms with Gasteiger partial charge in [0, 0.05) is 28.9 Å². The topological polar surface area (TPSA) is 97.6 Å². The van der Waals surface area contributed by atoms with Gasteiger partial charge in [-0.1, -0.05) is 11.6 Å². The number of benzene rings is 1. The maximum atomic E-state index is 12.3. The molecule has 9 heteroatoms. The van der Waals surface area contributed by atoms with Gasteiger partial charge in [0.05, 0.1) is 18.4 Å². The number of hydrogen-bond acceptors (Lipinski definition) is 5. The summed E-state index contributed by atoms with van der Waals surface area (Å²) in [6.45, 7) is 5.78. The Morgan fingerprint density at radius 2 is 1.93 bits per heavy atom. The van der Waals surface area contributed by atoms with Crippen molar-refractivity contribution in [2.24, 2.45) is 0 Å². The lowest BCUT2D eigenvalue weighted by molar-refractivity contribution is -0.121. The van der Waals surface area contributed by atoms with E-state index in [1.165, 1.54) is 13.2 Å². The van der Waals surface area contributed by atoms with Crippen LogP contribution in [0.5, 0.6) is 5.75 Å². The zero-order chi connectivity index (χ0) is 21.1. The Morgan fingerprint density at radius 3 is 2.66 bits per heavy atom. The van der Waals surface area contributed by atoms with Crippen molar-refractivity contribution in [3.63, 3.8) is 0 Å². The smallest absolute Gasteiger partial charge is 0.273 e. The molecule has 152 valence electrons. The summed E-state index contributed by atoms with van der Waals surface area (Å²) in [6, 6.07) is 6.59. The van der Waals surface area contributed by atoms with Gasteiger partial charge in [0.25, 0.3) is 5.91 Å². The van der Waals surface area contributed by atoms with Crippen LogP contribution in [0.2, 0.25) is 5.02 Å². The third-order valence-corrected chi connectivity index (χ3v) is 4.84. The average molecular weight is 416 g/mol. The van der Waals surface area contributed by atoms with Crippen molar-refractivity contribution < 1.29 is 14.3 Å². The lowest BCUT2D eigenvalue weighted by Gasteiger charge is -2.12. The molecule has 2 aromatic heterocycles. The van der Waals surface area contributed by atoms with Crippen LogP contribution < -0.4 is 15.6 Å². The molecular formula is C20H22ClN5O3. The van der Waals surface area contributed by atoms with E-state index in [2.05, 4.69) is 20.9 Å². The number of methoxy groups -OCH3 is 1. The van der Waals surface area contributed by atoms with Crippen LogP contribution in [-0.4, -0.2) is 33.5 Å². The molecule has 2 amide bonds. The van der Waals surface area contributed by atoms with Gasteiger partial charge in [0.2, 0.25) is 5.91 Å². The van der Waals surface area contributed by atoms with E-state index in [0.29, 0.717) is 17.2 Å². The number of amides is 2. The first-order valence-electron chi connectivity index (χ1n) is 9.05. The van der Waals surface area contributed by atoms with Gasteiger partial charge in [-0.25, -0.2) is 9.50 Å². The first kappa shape index (κ1) is 20.6. The molecule has 0 radical (unpaired) electrons. The standard InChI is InChI=1S/C20H22ClN5O3/c1-11-9-18-22-12(2)15(13(3)26(18)25-11)6-8-19(27)23-24-20(28)16-10-14(21)5-7-17(16)29-4/h5,7,9-10H,6,8H2,1-4H3,(H,23,27)(H,24,28). The zero-order valence-corrected chi connectivity index (χ0v) is 17.4. The highest BCUT2D eigenvalue weighted by molar-refractivity contribution is 6.31. The number of ether oxygens (including phenoxy) is 1. The number of nitrogens with zero attached hydrogens (tertiary/aromatic N) is 3. The normalized spacial score (nSPS) is 10.8. The van der Waals surface area contributed by atoms with Crippen LogP contribution in [0.1, 0.15) is 39.4 Å². The number of hydrazine groups is 1. The fraction of sp³-hybridized carbons (Fsp3) is 0.300. The van der Waals surface area contributed by atoms with Crippen molar-refractivity contribution in [3.8, 4) is 5.75 Å². The molecule has 0 aliphatic carbocycles. The molecule has 8 nitrogen and oxygen atoms in total. The van der Waals surface area contributed by atoms with Crippen LogP contribution in [0.3, 0.4) is 0 Å².